The molecule has 1 atom stereocenters. The van der Waals surface area contributed by atoms with Gasteiger partial charge in [-0.2, -0.15) is 4.31 Å². The maximum Gasteiger partial charge on any atom is 0.243 e. The molecule has 0 fully saturated rings. The zero-order valence-corrected chi connectivity index (χ0v) is 11.4. The van der Waals surface area contributed by atoms with Crippen LogP contribution in [0.1, 0.15) is 25.8 Å². The van der Waals surface area contributed by atoms with E-state index in [-0.39, 0.29) is 12.6 Å². The molecular formula is C12H20N2O2S. The highest BCUT2D eigenvalue weighted by Crippen LogP contribution is 2.21. The number of sulfonamides is 1. The largest absolute Gasteiger partial charge is 0.326 e. The summed E-state index contributed by atoms with van der Waals surface area (Å²) in [5.74, 6) is 0. The molecule has 17 heavy (non-hydrogen) atoms. The van der Waals surface area contributed by atoms with E-state index in [1.54, 1.807) is 31.3 Å². The van der Waals surface area contributed by atoms with Crippen molar-refractivity contribution < 1.29 is 8.42 Å². The van der Waals surface area contributed by atoms with Crippen LogP contribution in [0.3, 0.4) is 0 Å². The summed E-state index contributed by atoms with van der Waals surface area (Å²) in [6.07, 6.45) is 0.778. The summed E-state index contributed by atoms with van der Waals surface area (Å²) in [6.45, 7) is 4.08. The van der Waals surface area contributed by atoms with Crippen molar-refractivity contribution in [1.29, 1.82) is 0 Å². The van der Waals surface area contributed by atoms with Gasteiger partial charge in [0.1, 0.15) is 0 Å². The molecule has 0 amide bonds. The Balaban J connectivity index is 3.22. The standard InChI is InChI=1S/C12H20N2O2S/c1-4-10(2)14(3)17(15,16)12-8-6-5-7-11(12)9-13/h5-8,10H,4,9,13H2,1-3H3. The van der Waals surface area contributed by atoms with Crippen LogP contribution in [0.25, 0.3) is 0 Å². The molecule has 0 saturated heterocycles. The Labute approximate surface area is 103 Å². The minimum absolute atomic E-state index is 0.0224. The van der Waals surface area contributed by atoms with E-state index in [4.69, 9.17) is 5.73 Å². The highest BCUT2D eigenvalue weighted by atomic mass is 32.2. The van der Waals surface area contributed by atoms with Crippen LogP contribution in [-0.2, 0) is 16.6 Å². The van der Waals surface area contributed by atoms with E-state index >= 15 is 0 Å². The van der Waals surface area contributed by atoms with Gasteiger partial charge in [-0.25, -0.2) is 8.42 Å². The van der Waals surface area contributed by atoms with E-state index in [0.29, 0.717) is 10.5 Å². The van der Waals surface area contributed by atoms with Gasteiger partial charge in [0.25, 0.3) is 0 Å². The highest BCUT2D eigenvalue weighted by molar-refractivity contribution is 7.89. The third kappa shape index (κ3) is 2.86. The van der Waals surface area contributed by atoms with Crippen molar-refractivity contribution in [1.82, 2.24) is 4.31 Å². The molecule has 2 N–H and O–H groups in total. The highest BCUT2D eigenvalue weighted by Gasteiger charge is 2.26. The third-order valence-electron chi connectivity index (χ3n) is 3.06. The van der Waals surface area contributed by atoms with E-state index in [9.17, 15) is 8.42 Å². The topological polar surface area (TPSA) is 63.4 Å². The van der Waals surface area contributed by atoms with Crippen LogP contribution in [0.15, 0.2) is 29.2 Å². The molecule has 5 heteroatoms. The van der Waals surface area contributed by atoms with Crippen molar-refractivity contribution in [3.8, 4) is 0 Å². The summed E-state index contributed by atoms with van der Waals surface area (Å²) in [5, 5.41) is 0. The smallest absolute Gasteiger partial charge is 0.243 e. The predicted octanol–water partition coefficient (Wildman–Crippen LogP) is 1.56. The molecule has 1 unspecified atom stereocenters. The van der Waals surface area contributed by atoms with Gasteiger partial charge in [-0.15, -0.1) is 0 Å². The molecule has 96 valence electrons. The number of hydrogen-bond donors (Lipinski definition) is 1. The SMILES string of the molecule is CCC(C)N(C)S(=O)(=O)c1ccccc1CN. The number of rotatable bonds is 5. The first-order chi connectivity index (χ1) is 7.95. The fourth-order valence-corrected chi connectivity index (χ4v) is 3.24. The number of nitrogens with zero attached hydrogens (tertiary/aromatic N) is 1. The molecule has 0 bridgehead atoms. The van der Waals surface area contributed by atoms with Gasteiger partial charge in [0.05, 0.1) is 4.90 Å². The van der Waals surface area contributed by atoms with Crippen LogP contribution in [0, 0.1) is 0 Å². The van der Waals surface area contributed by atoms with Gasteiger partial charge in [-0.1, -0.05) is 25.1 Å². The minimum Gasteiger partial charge on any atom is -0.326 e. The van der Waals surface area contributed by atoms with Gasteiger partial charge in [0.15, 0.2) is 0 Å². The van der Waals surface area contributed by atoms with Gasteiger partial charge < -0.3 is 5.73 Å². The zero-order valence-electron chi connectivity index (χ0n) is 10.6. The second-order valence-electron chi connectivity index (χ2n) is 4.09. The Hall–Kier alpha value is -0.910. The maximum absolute atomic E-state index is 12.4. The number of benzene rings is 1. The summed E-state index contributed by atoms with van der Waals surface area (Å²) >= 11 is 0. The van der Waals surface area contributed by atoms with Crippen LogP contribution in [0.4, 0.5) is 0 Å². The molecule has 4 nitrogen and oxygen atoms in total. The Morgan fingerprint density at radius 2 is 1.94 bits per heavy atom. The van der Waals surface area contributed by atoms with E-state index in [1.807, 2.05) is 13.8 Å². The van der Waals surface area contributed by atoms with Crippen molar-refractivity contribution >= 4 is 10.0 Å². The van der Waals surface area contributed by atoms with Gasteiger partial charge in [0, 0.05) is 19.6 Å². The molecule has 0 heterocycles. The summed E-state index contributed by atoms with van der Waals surface area (Å²) in [6, 6.07) is 6.85. The molecule has 1 aromatic rings. The molecule has 0 saturated carbocycles. The lowest BCUT2D eigenvalue weighted by Gasteiger charge is -2.24. The minimum atomic E-state index is -3.44. The zero-order chi connectivity index (χ0) is 13.1. The lowest BCUT2D eigenvalue weighted by Crippen LogP contribution is -2.35. The van der Waals surface area contributed by atoms with Gasteiger partial charge in [-0.3, -0.25) is 0 Å². The molecule has 1 rings (SSSR count). The lowest BCUT2D eigenvalue weighted by atomic mass is 10.2. The average Bonchev–Trinajstić information content (AvgIpc) is 2.36. The maximum atomic E-state index is 12.4. The van der Waals surface area contributed by atoms with Gasteiger partial charge in [0.2, 0.25) is 10.0 Å². The van der Waals surface area contributed by atoms with E-state index in [1.165, 1.54) is 4.31 Å². The van der Waals surface area contributed by atoms with Crippen molar-refractivity contribution in [2.75, 3.05) is 7.05 Å². The van der Waals surface area contributed by atoms with Crippen molar-refractivity contribution in [2.45, 2.75) is 37.8 Å². The van der Waals surface area contributed by atoms with E-state index in [0.717, 1.165) is 6.42 Å². The van der Waals surface area contributed by atoms with Crippen LogP contribution in [0.2, 0.25) is 0 Å². The third-order valence-corrected chi connectivity index (χ3v) is 5.13. The predicted molar refractivity (Wildman–Crippen MR) is 69.0 cm³/mol. The van der Waals surface area contributed by atoms with E-state index < -0.39 is 10.0 Å². The van der Waals surface area contributed by atoms with Crippen molar-refractivity contribution in [3.63, 3.8) is 0 Å². The van der Waals surface area contributed by atoms with Crippen LogP contribution >= 0.6 is 0 Å². The fourth-order valence-electron chi connectivity index (χ4n) is 1.57. The van der Waals surface area contributed by atoms with Crippen molar-refractivity contribution in [2.24, 2.45) is 5.73 Å². The average molecular weight is 256 g/mol. The normalized spacial score (nSPS) is 13.9. The molecule has 0 aliphatic heterocycles. The number of nitrogens with two attached hydrogens (primary N) is 1. The Morgan fingerprint density at radius 3 is 2.47 bits per heavy atom. The van der Waals surface area contributed by atoms with Crippen LogP contribution < -0.4 is 5.73 Å². The molecule has 0 aliphatic carbocycles. The van der Waals surface area contributed by atoms with Gasteiger partial charge >= 0.3 is 0 Å². The Kier molecular flexibility index (Phi) is 4.68. The summed E-state index contributed by atoms with van der Waals surface area (Å²) < 4.78 is 26.2. The molecular weight excluding hydrogens is 236 g/mol. The van der Waals surface area contributed by atoms with E-state index in [2.05, 4.69) is 0 Å². The van der Waals surface area contributed by atoms with Crippen LogP contribution in [-0.4, -0.2) is 25.8 Å². The Morgan fingerprint density at radius 1 is 1.35 bits per heavy atom. The number of hydrogen-bond acceptors (Lipinski definition) is 3. The van der Waals surface area contributed by atoms with Gasteiger partial charge in [-0.05, 0) is 25.0 Å². The monoisotopic (exact) mass is 256 g/mol. The van der Waals surface area contributed by atoms with Crippen LogP contribution in [0.5, 0.6) is 0 Å². The summed E-state index contributed by atoms with van der Waals surface area (Å²) in [5.41, 5.74) is 6.23. The second kappa shape index (κ2) is 5.62. The second-order valence-corrected chi connectivity index (χ2v) is 6.06. The first kappa shape index (κ1) is 14.2. The Bertz CT molecular complexity index is 471. The fraction of sp³-hybridized carbons (Fsp3) is 0.500. The lowest BCUT2D eigenvalue weighted by molar-refractivity contribution is 0.380. The molecule has 0 spiro atoms. The molecule has 1 aromatic carbocycles. The summed E-state index contributed by atoms with van der Waals surface area (Å²) in [7, 11) is -1.83. The van der Waals surface area contributed by atoms with Crippen molar-refractivity contribution in [3.05, 3.63) is 29.8 Å². The summed E-state index contributed by atoms with van der Waals surface area (Å²) in [4.78, 5) is 0.310. The first-order valence-electron chi connectivity index (χ1n) is 5.71. The quantitative estimate of drug-likeness (QED) is 0.869. The molecule has 0 aromatic heterocycles. The molecule has 0 aliphatic rings. The molecule has 0 radical (unpaired) electrons. The first-order valence-corrected chi connectivity index (χ1v) is 7.15.